The lowest BCUT2D eigenvalue weighted by atomic mass is 9.78. The highest BCUT2D eigenvalue weighted by Crippen LogP contribution is 2.45. The Kier molecular flexibility index (Phi) is 17.6. The summed E-state index contributed by atoms with van der Waals surface area (Å²) < 4.78 is 0. The highest BCUT2D eigenvalue weighted by molar-refractivity contribution is 5.30. The van der Waals surface area contributed by atoms with Gasteiger partial charge in [-0.25, -0.2) is 0 Å². The molecule has 0 saturated heterocycles. The Balaban J connectivity index is 1.59. The van der Waals surface area contributed by atoms with Crippen LogP contribution in [-0.4, -0.2) is 28.6 Å². The zero-order valence-corrected chi connectivity index (χ0v) is 28.5. The fraction of sp³-hybridized carbons (Fsp3) is 0.659. The van der Waals surface area contributed by atoms with Crippen molar-refractivity contribution in [3.8, 4) is 0 Å². The van der Waals surface area contributed by atoms with Crippen LogP contribution in [0.5, 0.6) is 0 Å². The summed E-state index contributed by atoms with van der Waals surface area (Å²) in [6.45, 7) is 9.32. The largest absolute Gasteiger partial charge is 0.353 e. The van der Waals surface area contributed by atoms with E-state index in [1.807, 2.05) is 0 Å². The van der Waals surface area contributed by atoms with Gasteiger partial charge in [0.2, 0.25) is 0 Å². The first-order valence-electron chi connectivity index (χ1n) is 18.6. The van der Waals surface area contributed by atoms with Crippen LogP contribution in [-0.2, 0) is 6.42 Å². The predicted octanol–water partition coefficient (Wildman–Crippen LogP) is 12.3. The molecule has 0 aliphatic carbocycles. The van der Waals surface area contributed by atoms with Gasteiger partial charge >= 0.3 is 0 Å². The van der Waals surface area contributed by atoms with E-state index >= 15 is 0 Å². The Bertz CT molecular complexity index is 954. The highest BCUT2D eigenvalue weighted by atomic mass is 15.4. The molecule has 0 spiro atoms. The second-order valence-electron chi connectivity index (χ2n) is 13.3. The molecule has 240 valence electrons. The third kappa shape index (κ3) is 11.7. The van der Waals surface area contributed by atoms with E-state index in [1.165, 1.54) is 127 Å². The first-order valence-corrected chi connectivity index (χ1v) is 18.6. The van der Waals surface area contributed by atoms with Crippen molar-refractivity contribution in [1.82, 2.24) is 9.80 Å². The number of rotatable bonds is 25. The summed E-state index contributed by atoms with van der Waals surface area (Å²) in [7, 11) is 0. The Labute approximate surface area is 267 Å². The van der Waals surface area contributed by atoms with Crippen molar-refractivity contribution in [3.63, 3.8) is 0 Å². The van der Waals surface area contributed by atoms with E-state index in [0.29, 0.717) is 5.92 Å². The third-order valence-corrected chi connectivity index (χ3v) is 9.90. The molecule has 2 nitrogen and oxygen atoms in total. The number of unbranched alkanes of at least 4 members (excludes halogenated alkanes) is 16. The van der Waals surface area contributed by atoms with E-state index in [0.717, 1.165) is 25.9 Å². The molecule has 1 aliphatic heterocycles. The maximum Gasteiger partial charge on any atom is 0.123 e. The first-order chi connectivity index (χ1) is 21.3. The van der Waals surface area contributed by atoms with Crippen LogP contribution in [0.3, 0.4) is 0 Å². The van der Waals surface area contributed by atoms with Crippen LogP contribution in [0, 0.1) is 0 Å². The molecule has 1 aliphatic rings. The van der Waals surface area contributed by atoms with Gasteiger partial charge in [0.15, 0.2) is 0 Å². The summed E-state index contributed by atoms with van der Waals surface area (Å²) >= 11 is 0. The van der Waals surface area contributed by atoms with Crippen LogP contribution < -0.4 is 0 Å². The molecule has 2 heteroatoms. The first kappa shape index (κ1) is 35.3. The van der Waals surface area contributed by atoms with Gasteiger partial charge < -0.3 is 9.80 Å². The third-order valence-electron chi connectivity index (χ3n) is 9.90. The standard InChI is InChI=1S/C41H66N2/c1-4-7-9-11-12-13-14-15-16-17-18-19-20-28-34-43-36-35-42(33-27-10-8-5-2)41(43,37-38-29-23-21-24-30-38)40(6-3)39-31-25-22-26-32-39/h21-26,29-32,35-36,40H,4-20,27-28,33-34,37H2,1-3H3. The van der Waals surface area contributed by atoms with Crippen LogP contribution in [0.15, 0.2) is 73.1 Å². The lowest BCUT2D eigenvalue weighted by Crippen LogP contribution is -2.59. The fourth-order valence-electron chi connectivity index (χ4n) is 7.44. The summed E-state index contributed by atoms with van der Waals surface area (Å²) in [5.41, 5.74) is 2.87. The Morgan fingerprint density at radius 1 is 0.488 bits per heavy atom. The van der Waals surface area contributed by atoms with Crippen LogP contribution in [0.4, 0.5) is 0 Å². The van der Waals surface area contributed by atoms with E-state index in [4.69, 9.17) is 0 Å². The minimum atomic E-state index is -0.0553. The highest BCUT2D eigenvalue weighted by Gasteiger charge is 2.49. The smallest absolute Gasteiger partial charge is 0.123 e. The molecule has 0 fully saturated rings. The normalized spacial score (nSPS) is 17.2. The molecule has 1 heterocycles. The summed E-state index contributed by atoms with van der Waals surface area (Å²) in [4.78, 5) is 5.52. The molecule has 0 N–H and O–H groups in total. The van der Waals surface area contributed by atoms with Gasteiger partial charge in [0, 0.05) is 37.8 Å². The van der Waals surface area contributed by atoms with Crippen LogP contribution in [0.1, 0.15) is 160 Å². The Hall–Kier alpha value is -2.22. The van der Waals surface area contributed by atoms with Crippen LogP contribution in [0.2, 0.25) is 0 Å². The molecule has 43 heavy (non-hydrogen) atoms. The lowest BCUT2D eigenvalue weighted by molar-refractivity contribution is -0.00377. The van der Waals surface area contributed by atoms with Gasteiger partial charge in [-0.05, 0) is 30.4 Å². The minimum absolute atomic E-state index is 0.0553. The minimum Gasteiger partial charge on any atom is -0.353 e. The summed E-state index contributed by atoms with van der Waals surface area (Å²) in [6.07, 6.45) is 32.1. The second kappa shape index (κ2) is 21.5. The average molecular weight is 587 g/mol. The van der Waals surface area contributed by atoms with Crippen molar-refractivity contribution < 1.29 is 0 Å². The number of nitrogens with zero attached hydrogens (tertiary/aromatic N) is 2. The van der Waals surface area contributed by atoms with Gasteiger partial charge in [0.25, 0.3) is 0 Å². The van der Waals surface area contributed by atoms with Crippen molar-refractivity contribution in [2.45, 2.75) is 161 Å². The second-order valence-corrected chi connectivity index (χ2v) is 13.3. The quantitative estimate of drug-likeness (QED) is 0.107. The van der Waals surface area contributed by atoms with E-state index in [9.17, 15) is 0 Å². The maximum atomic E-state index is 2.77. The van der Waals surface area contributed by atoms with Gasteiger partial charge in [0.1, 0.15) is 5.66 Å². The van der Waals surface area contributed by atoms with Gasteiger partial charge in [-0.15, -0.1) is 0 Å². The number of hydrogen-bond donors (Lipinski definition) is 0. The summed E-state index contributed by atoms with van der Waals surface area (Å²) in [5.74, 6) is 0.446. The van der Waals surface area contributed by atoms with Crippen molar-refractivity contribution in [2.24, 2.45) is 0 Å². The maximum absolute atomic E-state index is 2.77. The Morgan fingerprint density at radius 3 is 1.33 bits per heavy atom. The SMILES string of the molecule is CCCCCCCCCCCCCCCCN1C=CN(CCCCCC)C1(Cc1ccccc1)C(CC)c1ccccc1. The molecule has 0 amide bonds. The predicted molar refractivity (Wildman–Crippen MR) is 189 cm³/mol. The molecule has 2 aromatic rings. The monoisotopic (exact) mass is 587 g/mol. The molecular formula is C41H66N2. The van der Waals surface area contributed by atoms with Crippen LogP contribution in [0.25, 0.3) is 0 Å². The molecule has 2 aromatic carbocycles. The average Bonchev–Trinajstić information content (AvgIpc) is 3.37. The Morgan fingerprint density at radius 2 is 0.884 bits per heavy atom. The zero-order valence-electron chi connectivity index (χ0n) is 28.5. The van der Waals surface area contributed by atoms with Gasteiger partial charge in [0.05, 0.1) is 0 Å². The van der Waals surface area contributed by atoms with Gasteiger partial charge in [-0.1, -0.05) is 184 Å². The molecule has 3 rings (SSSR count). The van der Waals surface area contributed by atoms with Crippen molar-refractivity contribution in [1.29, 1.82) is 0 Å². The number of benzene rings is 2. The summed E-state index contributed by atoms with van der Waals surface area (Å²) in [6, 6.07) is 22.7. The molecule has 0 radical (unpaired) electrons. The van der Waals surface area contributed by atoms with E-state index in [2.05, 4.69) is 104 Å². The molecule has 2 unspecified atom stereocenters. The molecule has 0 saturated carbocycles. The zero-order chi connectivity index (χ0) is 30.4. The lowest BCUT2D eigenvalue weighted by Gasteiger charge is -2.51. The van der Waals surface area contributed by atoms with Crippen molar-refractivity contribution in [3.05, 3.63) is 84.2 Å². The summed E-state index contributed by atoms with van der Waals surface area (Å²) in [5, 5.41) is 0. The van der Waals surface area contributed by atoms with E-state index < -0.39 is 0 Å². The fourth-order valence-corrected chi connectivity index (χ4v) is 7.44. The van der Waals surface area contributed by atoms with Gasteiger partial charge in [-0.2, -0.15) is 0 Å². The van der Waals surface area contributed by atoms with E-state index in [1.54, 1.807) is 0 Å². The molecular weight excluding hydrogens is 520 g/mol. The van der Waals surface area contributed by atoms with Gasteiger partial charge in [-0.3, -0.25) is 0 Å². The van der Waals surface area contributed by atoms with Crippen molar-refractivity contribution >= 4 is 0 Å². The molecule has 0 aromatic heterocycles. The molecule has 2 atom stereocenters. The topological polar surface area (TPSA) is 6.48 Å². The van der Waals surface area contributed by atoms with Crippen LogP contribution >= 0.6 is 0 Å². The molecule has 0 bridgehead atoms. The number of hydrogen-bond acceptors (Lipinski definition) is 2. The van der Waals surface area contributed by atoms with E-state index in [-0.39, 0.29) is 5.66 Å². The van der Waals surface area contributed by atoms with Crippen molar-refractivity contribution in [2.75, 3.05) is 13.1 Å².